The molecule has 0 radical (unpaired) electrons. The van der Waals surface area contributed by atoms with Crippen LogP contribution >= 0.6 is 0 Å². The Labute approximate surface area is 305 Å². The van der Waals surface area contributed by atoms with Crippen molar-refractivity contribution < 1.29 is 74.4 Å². The average molecular weight is 751 g/mol. The Kier molecular flexibility index (Phi) is 8.71. The lowest BCUT2D eigenvalue weighted by atomic mass is 9.60. The molecule has 9 atom stereocenters. The number of aliphatic hydroxyl groups is 6. The van der Waals surface area contributed by atoms with Crippen LogP contribution in [0.15, 0.2) is 39.5 Å². The van der Waals surface area contributed by atoms with E-state index in [1.165, 1.54) is 54.5 Å². The molecule has 0 bridgehead atoms. The maximum atomic E-state index is 14.2. The SMILES string of the molecule is CC1(O)C(C)(O)[C@@](C)(O)C(C)(C)O[C@@]1(C)OCC1(C)O[C@@](C)(Oc2c(-c3ccc(O)c(O)c3)oc3cc(O)cc(O)c3c2=O)C(C)(O)C(C)(O)[C@]1(C)O. The number of fused-ring (bicyclic) bond motifs is 1. The van der Waals surface area contributed by atoms with Gasteiger partial charge in [-0.25, -0.2) is 0 Å². The molecular weight excluding hydrogens is 700 g/mol. The minimum Gasteiger partial charge on any atom is -0.508 e. The molecule has 1 aromatic heterocycles. The Hall–Kier alpha value is -3.71. The highest BCUT2D eigenvalue weighted by atomic mass is 16.8. The van der Waals surface area contributed by atoms with E-state index in [-0.39, 0.29) is 11.1 Å². The van der Waals surface area contributed by atoms with Crippen molar-refractivity contribution in [3.8, 4) is 40.1 Å². The van der Waals surface area contributed by atoms with Crippen LogP contribution in [0.25, 0.3) is 22.3 Å². The lowest BCUT2D eigenvalue weighted by Crippen LogP contribution is -2.86. The number of aromatic hydroxyl groups is 4. The molecule has 0 spiro atoms. The fraction of sp³-hybridized carbons (Fsp3) is 0.595. The molecule has 294 valence electrons. The van der Waals surface area contributed by atoms with E-state index in [4.69, 9.17) is 23.4 Å². The van der Waals surface area contributed by atoms with Gasteiger partial charge in [-0.05, 0) is 87.4 Å². The van der Waals surface area contributed by atoms with Gasteiger partial charge in [0, 0.05) is 24.6 Å². The maximum absolute atomic E-state index is 14.2. The number of phenols is 4. The number of rotatable bonds is 6. The van der Waals surface area contributed by atoms with Gasteiger partial charge in [0.05, 0.1) is 12.2 Å². The first-order chi connectivity index (χ1) is 23.7. The number of hydrogen-bond acceptors (Lipinski definition) is 16. The third-order valence-corrected chi connectivity index (χ3v) is 12.7. The second-order valence-electron chi connectivity index (χ2n) is 16.3. The highest BCUT2D eigenvalue weighted by Crippen LogP contribution is 2.57. The van der Waals surface area contributed by atoms with Crippen LogP contribution in [0.4, 0.5) is 0 Å². The van der Waals surface area contributed by atoms with E-state index in [1.807, 2.05) is 0 Å². The van der Waals surface area contributed by atoms with Crippen LogP contribution in [0, 0.1) is 0 Å². The van der Waals surface area contributed by atoms with Crippen LogP contribution in [-0.4, -0.2) is 114 Å². The van der Waals surface area contributed by atoms with E-state index in [9.17, 15) is 55.9 Å². The first-order valence-electron chi connectivity index (χ1n) is 16.8. The highest BCUT2D eigenvalue weighted by Gasteiger charge is 2.77. The third-order valence-electron chi connectivity index (χ3n) is 12.7. The summed E-state index contributed by atoms with van der Waals surface area (Å²) in [6, 6.07) is 5.28. The summed E-state index contributed by atoms with van der Waals surface area (Å²) >= 11 is 0. The van der Waals surface area contributed by atoms with Crippen molar-refractivity contribution in [3.63, 3.8) is 0 Å². The van der Waals surface area contributed by atoms with Crippen LogP contribution in [0.2, 0.25) is 0 Å². The summed E-state index contributed by atoms with van der Waals surface area (Å²) in [5.74, 6) is -8.18. The third kappa shape index (κ3) is 5.18. The number of phenolic OH excluding ortho intramolecular Hbond substituents is 4. The van der Waals surface area contributed by atoms with Gasteiger partial charge in [0.2, 0.25) is 17.0 Å². The van der Waals surface area contributed by atoms with Crippen molar-refractivity contribution >= 4 is 11.0 Å². The number of ether oxygens (including phenoxy) is 4. The monoisotopic (exact) mass is 750 g/mol. The molecule has 5 rings (SSSR count). The maximum Gasteiger partial charge on any atom is 0.240 e. The zero-order valence-corrected chi connectivity index (χ0v) is 31.5. The molecule has 2 fully saturated rings. The van der Waals surface area contributed by atoms with Crippen LogP contribution in [0.1, 0.15) is 76.2 Å². The summed E-state index contributed by atoms with van der Waals surface area (Å²) in [5, 5.41) is 112. The number of benzene rings is 2. The fourth-order valence-electron chi connectivity index (χ4n) is 7.39. The second kappa shape index (κ2) is 11.4. The molecule has 2 saturated heterocycles. The Morgan fingerprint density at radius 2 is 1.15 bits per heavy atom. The molecule has 16 nitrogen and oxygen atoms in total. The van der Waals surface area contributed by atoms with Gasteiger partial charge in [0.15, 0.2) is 28.6 Å². The van der Waals surface area contributed by atoms with Gasteiger partial charge >= 0.3 is 0 Å². The van der Waals surface area contributed by atoms with Gasteiger partial charge in [0.1, 0.15) is 56.1 Å². The van der Waals surface area contributed by atoms with Gasteiger partial charge in [-0.1, -0.05) is 0 Å². The number of hydrogen-bond donors (Lipinski definition) is 10. The van der Waals surface area contributed by atoms with Crippen molar-refractivity contribution in [1.82, 2.24) is 0 Å². The van der Waals surface area contributed by atoms with E-state index in [1.54, 1.807) is 0 Å². The van der Waals surface area contributed by atoms with Gasteiger partial charge in [-0.3, -0.25) is 4.79 Å². The summed E-state index contributed by atoms with van der Waals surface area (Å²) in [4.78, 5) is 14.2. The van der Waals surface area contributed by atoms with Gasteiger partial charge < -0.3 is 74.4 Å². The first kappa shape index (κ1) is 40.5. The summed E-state index contributed by atoms with van der Waals surface area (Å²) in [6.45, 7) is 12.9. The first-order valence-corrected chi connectivity index (χ1v) is 16.8. The molecule has 53 heavy (non-hydrogen) atoms. The average Bonchev–Trinajstić information content (AvgIpc) is 3.00. The zero-order valence-electron chi connectivity index (χ0n) is 31.5. The lowest BCUT2D eigenvalue weighted by Gasteiger charge is -2.66. The molecule has 0 amide bonds. The molecular formula is C37H50O16. The molecule has 5 unspecified atom stereocenters. The van der Waals surface area contributed by atoms with Crippen molar-refractivity contribution in [1.29, 1.82) is 0 Å². The van der Waals surface area contributed by atoms with E-state index < -0.39 is 108 Å². The standard InChI is InChI=1S/C37H50O16/c1-28(2)30(4,43)32(6,45)34(8,47)36(10,52-28)49-17-29(3)31(5,44)33(7,46)35(9,48)37(11,53-29)51-27-25(42)24-22(41)15-19(38)16-23(24)50-26(27)18-12-13-20(39)21(40)14-18/h12-16,38-41,43-48H,17H2,1-11H3/t29?,30-,31+,32?,33?,34?,35?,36+,37+/m0/s1. The summed E-state index contributed by atoms with van der Waals surface area (Å²) < 4.78 is 30.9. The van der Waals surface area contributed by atoms with Crippen LogP contribution in [-0.2, 0) is 14.2 Å². The Morgan fingerprint density at radius 1 is 0.604 bits per heavy atom. The zero-order chi connectivity index (χ0) is 40.6. The molecule has 2 aliphatic heterocycles. The minimum absolute atomic E-state index is 0.0591. The van der Waals surface area contributed by atoms with Crippen molar-refractivity contribution in [2.24, 2.45) is 0 Å². The van der Waals surface area contributed by atoms with Crippen molar-refractivity contribution in [2.45, 2.75) is 133 Å². The molecule has 2 aromatic carbocycles. The molecule has 3 heterocycles. The van der Waals surface area contributed by atoms with Crippen molar-refractivity contribution in [3.05, 3.63) is 40.6 Å². The Morgan fingerprint density at radius 3 is 1.72 bits per heavy atom. The molecule has 10 N–H and O–H groups in total. The van der Waals surface area contributed by atoms with Crippen LogP contribution < -0.4 is 10.2 Å². The van der Waals surface area contributed by atoms with Crippen LogP contribution in [0.5, 0.6) is 28.7 Å². The topological polar surface area (TPSA) is 269 Å². The largest absolute Gasteiger partial charge is 0.508 e. The lowest BCUT2D eigenvalue weighted by molar-refractivity contribution is -0.474. The minimum atomic E-state index is -2.63. The second-order valence-corrected chi connectivity index (χ2v) is 16.3. The van der Waals surface area contributed by atoms with Crippen molar-refractivity contribution in [2.75, 3.05) is 6.61 Å². The van der Waals surface area contributed by atoms with E-state index in [2.05, 4.69) is 0 Å². The fourth-order valence-corrected chi connectivity index (χ4v) is 7.39. The Balaban J connectivity index is 1.68. The molecule has 2 aliphatic rings. The molecule has 3 aromatic rings. The smallest absolute Gasteiger partial charge is 0.240 e. The van der Waals surface area contributed by atoms with Gasteiger partial charge in [-0.2, -0.15) is 0 Å². The van der Waals surface area contributed by atoms with E-state index in [0.717, 1.165) is 52.0 Å². The van der Waals surface area contributed by atoms with E-state index >= 15 is 0 Å². The van der Waals surface area contributed by atoms with Gasteiger partial charge in [0.25, 0.3) is 0 Å². The molecule has 16 heteroatoms. The van der Waals surface area contributed by atoms with Gasteiger partial charge in [-0.15, -0.1) is 0 Å². The summed E-state index contributed by atoms with van der Waals surface area (Å²) in [7, 11) is 0. The quantitative estimate of drug-likeness (QED) is 0.162. The highest BCUT2D eigenvalue weighted by molar-refractivity contribution is 5.88. The summed E-state index contributed by atoms with van der Waals surface area (Å²) in [6.07, 6.45) is 0. The normalized spacial score (nSPS) is 41.4. The predicted octanol–water partition coefficient (Wildman–Crippen LogP) is 2.21. The Bertz CT molecular complexity index is 2020. The molecule has 0 aliphatic carbocycles. The predicted molar refractivity (Wildman–Crippen MR) is 186 cm³/mol. The van der Waals surface area contributed by atoms with E-state index in [0.29, 0.717) is 0 Å². The molecule has 0 saturated carbocycles. The summed E-state index contributed by atoms with van der Waals surface area (Å²) in [5.41, 5.74) is -19.5. The van der Waals surface area contributed by atoms with Crippen LogP contribution in [0.3, 0.4) is 0 Å².